The van der Waals surface area contributed by atoms with Gasteiger partial charge in [0.1, 0.15) is 29.4 Å². The number of fused-ring (bicyclic) bond motifs is 1. The molecule has 6 aromatic rings. The van der Waals surface area contributed by atoms with E-state index in [2.05, 4.69) is 45.9 Å². The molecule has 0 fully saturated rings. The van der Waals surface area contributed by atoms with E-state index in [1.54, 1.807) is 9.62 Å². The van der Waals surface area contributed by atoms with Crippen LogP contribution in [0.1, 0.15) is 54.0 Å². The van der Waals surface area contributed by atoms with Gasteiger partial charge in [0.05, 0.1) is 53.1 Å². The first kappa shape index (κ1) is 66.2. The van der Waals surface area contributed by atoms with Crippen LogP contribution in [0, 0.1) is 10.1 Å². The van der Waals surface area contributed by atoms with Gasteiger partial charge < -0.3 is 44.5 Å². The van der Waals surface area contributed by atoms with Gasteiger partial charge >= 0.3 is 18.2 Å². The molecule has 1 aliphatic heterocycles. The van der Waals surface area contributed by atoms with Crippen LogP contribution in [-0.2, 0) is 21.0 Å². The van der Waals surface area contributed by atoms with E-state index in [-0.39, 0.29) is 63.1 Å². The van der Waals surface area contributed by atoms with Crippen LogP contribution in [0.25, 0.3) is 0 Å². The molecule has 82 heavy (non-hydrogen) atoms. The molecule has 0 radical (unpaired) electrons. The van der Waals surface area contributed by atoms with Crippen molar-refractivity contribution in [3.8, 4) is 29.0 Å². The zero-order valence-electron chi connectivity index (χ0n) is 44.2. The second-order valence-electron chi connectivity index (χ2n) is 16.6. The molecule has 3 aromatic carbocycles. The van der Waals surface area contributed by atoms with E-state index in [0.717, 1.165) is 42.6 Å². The number of ether oxygens (including phenoxy) is 4. The number of rotatable bonds is 15. The van der Waals surface area contributed by atoms with E-state index in [1.807, 2.05) is 52.0 Å². The van der Waals surface area contributed by atoms with Gasteiger partial charge in [-0.3, -0.25) is 25.0 Å². The molecule has 0 spiro atoms. The molecule has 0 saturated heterocycles. The average Bonchev–Trinajstić information content (AvgIpc) is 3.59. The van der Waals surface area contributed by atoms with Gasteiger partial charge in [0.15, 0.2) is 9.86 Å². The lowest BCUT2D eigenvalue weighted by Crippen LogP contribution is -2.47. The summed E-state index contributed by atoms with van der Waals surface area (Å²) in [5.41, 5.74) is -1.71. The summed E-state index contributed by atoms with van der Waals surface area (Å²) < 4.78 is 85.1. The highest BCUT2D eigenvalue weighted by Crippen LogP contribution is 2.38. The number of carbonyl (C=O) groups is 4. The Labute approximate surface area is 485 Å². The van der Waals surface area contributed by atoms with Gasteiger partial charge in [0.25, 0.3) is 27.5 Å². The highest BCUT2D eigenvalue weighted by Gasteiger charge is 2.33. The fourth-order valence-electron chi connectivity index (χ4n) is 6.42. The van der Waals surface area contributed by atoms with Crippen LogP contribution in [0.3, 0.4) is 0 Å². The monoisotopic (exact) mass is 1250 g/mol. The first-order valence-electron chi connectivity index (χ1n) is 23.3. The van der Waals surface area contributed by atoms with Crippen molar-refractivity contribution in [1.29, 1.82) is 0 Å². The molecule has 4 amide bonds. The van der Waals surface area contributed by atoms with E-state index in [9.17, 15) is 50.9 Å². The summed E-state index contributed by atoms with van der Waals surface area (Å²) in [5, 5.41) is 27.2. The van der Waals surface area contributed by atoms with Crippen molar-refractivity contribution in [2.45, 2.75) is 55.8 Å². The Morgan fingerprint density at radius 3 is 2.11 bits per heavy atom. The Balaban J connectivity index is 0.000000243. The summed E-state index contributed by atoms with van der Waals surface area (Å²) in [4.78, 5) is 82.3. The Bertz CT molecular complexity index is 3350. The largest absolute Gasteiger partial charge is 0.489 e. The summed E-state index contributed by atoms with van der Waals surface area (Å²) in [6, 6.07) is 15.7. The van der Waals surface area contributed by atoms with Crippen molar-refractivity contribution in [2.24, 2.45) is 0 Å². The van der Waals surface area contributed by atoms with E-state index >= 15 is 0 Å². The molecule has 1 atom stereocenters. The van der Waals surface area contributed by atoms with Gasteiger partial charge in [-0.25, -0.2) is 19.3 Å². The number of carbonyl (C=O) groups excluding carboxylic acids is 3. The number of alkyl halides is 5. The number of amides is 4. The van der Waals surface area contributed by atoms with Crippen molar-refractivity contribution < 1.29 is 69.7 Å². The molecule has 440 valence electrons. The highest BCUT2D eigenvalue weighted by atomic mass is 35.5. The van der Waals surface area contributed by atoms with Crippen LogP contribution >= 0.6 is 46.4 Å². The Morgan fingerprint density at radius 2 is 1.55 bits per heavy atom. The molecule has 5 N–H and O–H groups in total. The van der Waals surface area contributed by atoms with Gasteiger partial charge in [0, 0.05) is 45.0 Å². The number of anilines is 4. The molecule has 0 aliphatic carbocycles. The molecule has 3 aromatic heterocycles. The number of urea groups is 1. The predicted octanol–water partition coefficient (Wildman–Crippen LogP) is 9.24. The molecule has 4 heterocycles. The average molecular weight is 1250 g/mol. The van der Waals surface area contributed by atoms with E-state index in [1.165, 1.54) is 57.6 Å². The number of sulfonamides is 1. The van der Waals surface area contributed by atoms with Crippen LogP contribution in [0.2, 0.25) is 10.3 Å². The number of para-hydroxylation sites is 2. The second-order valence-corrected chi connectivity index (χ2v) is 20.0. The SMILES string of the molecule is CC1COc2ccccc2N1C(=O)C(Cl)Cl.CCNc1nc(Cl)nc(NC(C)C)n1.COc1cc(OC)nc(NC(=O)NS(=O)(=O)c2ncccc2C(=O)N(C)C)n1.O=C(O)c1cc(Oc2ccc(C(F)(F)F)cc2Cl)ccc1[N+](=O)[O-]. The second kappa shape index (κ2) is 29.9. The van der Waals surface area contributed by atoms with Gasteiger partial charge in [-0.15, -0.1) is 0 Å². The number of methoxy groups -OCH3 is 2. The van der Waals surface area contributed by atoms with E-state index in [0.29, 0.717) is 30.3 Å². The number of hydrogen-bond donors (Lipinski definition) is 5. The van der Waals surface area contributed by atoms with E-state index in [4.69, 9.17) is 70.5 Å². The van der Waals surface area contributed by atoms with Gasteiger partial charge in [0.2, 0.25) is 34.9 Å². The number of aromatic carboxylic acids is 1. The van der Waals surface area contributed by atoms with Gasteiger partial charge in [-0.2, -0.15) is 46.5 Å². The van der Waals surface area contributed by atoms with Crippen LogP contribution in [0.5, 0.6) is 29.0 Å². The summed E-state index contributed by atoms with van der Waals surface area (Å²) >= 11 is 22.7. The van der Waals surface area contributed by atoms with Crippen LogP contribution in [-0.4, -0.2) is 135 Å². The molecule has 1 aliphatic rings. The van der Waals surface area contributed by atoms with Crippen LogP contribution in [0.4, 0.5) is 47.2 Å². The minimum Gasteiger partial charge on any atom is -0.489 e. The number of nitrogens with one attached hydrogen (secondary N) is 4. The fraction of sp³-hybridized carbons (Fsp3) is 0.292. The summed E-state index contributed by atoms with van der Waals surface area (Å²) in [5.74, 6) is -1.13. The zero-order chi connectivity index (χ0) is 61.2. The Kier molecular flexibility index (Phi) is 24.2. The molecule has 7 rings (SSSR count). The summed E-state index contributed by atoms with van der Waals surface area (Å²) in [7, 11) is 1.15. The number of benzene rings is 3. The zero-order valence-corrected chi connectivity index (χ0v) is 48.0. The van der Waals surface area contributed by atoms with Crippen molar-refractivity contribution in [1.82, 2.24) is 39.5 Å². The number of nitrogens with zero attached hydrogens (tertiary/aromatic N) is 9. The minimum atomic E-state index is -4.58. The van der Waals surface area contributed by atoms with Crippen molar-refractivity contribution in [3.63, 3.8) is 0 Å². The molecule has 1 unspecified atom stereocenters. The third kappa shape index (κ3) is 19.2. The number of hydrogen-bond acceptors (Lipinski definition) is 20. The number of carboxylic acids is 1. The lowest BCUT2D eigenvalue weighted by Gasteiger charge is -2.35. The van der Waals surface area contributed by atoms with Crippen molar-refractivity contribution in [3.05, 3.63) is 122 Å². The lowest BCUT2D eigenvalue weighted by atomic mass is 10.1. The molecule has 0 bridgehead atoms. The van der Waals surface area contributed by atoms with Gasteiger partial charge in [-0.1, -0.05) is 46.9 Å². The lowest BCUT2D eigenvalue weighted by molar-refractivity contribution is -0.385. The van der Waals surface area contributed by atoms with Gasteiger partial charge in [-0.05, 0) is 87.8 Å². The molecule has 34 heteroatoms. The quantitative estimate of drug-likeness (QED) is 0.0363. The number of pyridine rings is 1. The number of carboxylic acid groups (broad SMARTS) is 1. The Hall–Kier alpha value is -8.32. The molecular formula is C48H50Cl4F3N13O13S. The van der Waals surface area contributed by atoms with Crippen molar-refractivity contribution in [2.75, 3.05) is 62.3 Å². The molecule has 26 nitrogen and oxygen atoms in total. The standard InChI is InChI=1S/C15H18N6O6S.C14H7ClF3NO5.C11H11Cl2NO2.C8H14ClN5/c1-21(2)13(22)9-6-5-7-16-12(9)28(24,25)20-15(23)19-14-17-10(26-3)8-11(18-14)27-4;15-10-5-7(14(16,17)18)1-4-12(10)24-8-2-3-11(19(22)23)9(6-8)13(20)21;1-7-6-16-9-5-3-2-4-8(9)14(7)11(15)10(12)13;1-4-10-7-12-6(9)13-8(14-7)11-5(2)3/h5-8H,1-4H3,(H2,17,18,19,20,23);1-6H,(H,20,21);2-5,7,10H,6H2,1H3;5H,4H2,1-3H3,(H2,10,11,12,13,14). The van der Waals surface area contributed by atoms with E-state index < -0.39 is 65.7 Å². The number of halogens is 7. The number of nitro groups is 1. The van der Waals surface area contributed by atoms with Crippen LogP contribution < -0.4 is 44.5 Å². The molecular weight excluding hydrogens is 1200 g/mol. The van der Waals surface area contributed by atoms with Crippen LogP contribution in [0.15, 0.2) is 90.1 Å². The third-order valence-corrected chi connectivity index (χ3v) is 12.1. The normalized spacial score (nSPS) is 12.5. The summed E-state index contributed by atoms with van der Waals surface area (Å²) in [6.07, 6.45) is -3.39. The van der Waals surface area contributed by atoms with Crippen molar-refractivity contribution >= 4 is 109 Å². The first-order chi connectivity index (χ1) is 38.5. The highest BCUT2D eigenvalue weighted by molar-refractivity contribution is 7.90. The minimum absolute atomic E-state index is 0.0672. The number of nitro benzene ring substituents is 1. The predicted molar refractivity (Wildman–Crippen MR) is 295 cm³/mol. The Morgan fingerprint density at radius 1 is 0.902 bits per heavy atom. The fourth-order valence-corrected chi connectivity index (χ4v) is 8.05. The maximum absolute atomic E-state index is 12.6. The maximum Gasteiger partial charge on any atom is 0.416 e. The smallest absolute Gasteiger partial charge is 0.416 e. The summed E-state index contributed by atoms with van der Waals surface area (Å²) in [6.45, 7) is 9.07. The first-order valence-corrected chi connectivity index (χ1v) is 26.4. The number of aromatic nitrogens is 6. The molecule has 0 saturated carbocycles. The maximum atomic E-state index is 12.6. The third-order valence-electron chi connectivity index (χ3n) is 9.92. The topological polar surface area (TPSA) is 335 Å².